The van der Waals surface area contributed by atoms with Gasteiger partial charge in [-0.2, -0.15) is 0 Å². The van der Waals surface area contributed by atoms with E-state index < -0.39 is 0 Å². The first-order chi connectivity index (χ1) is 11.7. The van der Waals surface area contributed by atoms with Crippen LogP contribution in [0.5, 0.6) is 11.5 Å². The molecular weight excluding hydrogens is 306 g/mol. The Labute approximate surface area is 141 Å². The Hall–Kier alpha value is -2.76. The van der Waals surface area contributed by atoms with Crippen LogP contribution in [-0.4, -0.2) is 37.2 Å². The van der Waals surface area contributed by atoms with Crippen LogP contribution < -0.4 is 20.1 Å². The molecular formula is C18H21N3O3. The fraction of sp³-hybridized carbons (Fsp3) is 0.333. The van der Waals surface area contributed by atoms with Gasteiger partial charge in [-0.25, -0.2) is 4.98 Å². The minimum atomic E-state index is -0.0440. The second-order valence-electron chi connectivity index (χ2n) is 5.63. The van der Waals surface area contributed by atoms with E-state index in [1.807, 2.05) is 24.3 Å². The number of nitrogens with one attached hydrogen (secondary N) is 2. The highest BCUT2D eigenvalue weighted by Crippen LogP contribution is 2.19. The Kier molecular flexibility index (Phi) is 5.15. The molecule has 0 unspecified atom stereocenters. The van der Waals surface area contributed by atoms with Gasteiger partial charge in [0.25, 0.3) is 5.91 Å². The molecule has 1 fully saturated rings. The Morgan fingerprint density at radius 2 is 1.96 bits per heavy atom. The van der Waals surface area contributed by atoms with Gasteiger partial charge in [-0.1, -0.05) is 0 Å². The van der Waals surface area contributed by atoms with E-state index in [9.17, 15) is 4.79 Å². The van der Waals surface area contributed by atoms with E-state index in [-0.39, 0.29) is 5.91 Å². The Bertz CT molecular complexity index is 684. The van der Waals surface area contributed by atoms with Gasteiger partial charge in [-0.05, 0) is 49.2 Å². The standard InChI is InChI=1S/C18H21N3O3/c1-23-15-4-6-16(7-5-15)24-11-10-20-17-12-13(8-9-19-17)18(22)21-14-2-3-14/h4-9,12,14H,2-3,10-11H2,1H3,(H,19,20)(H,21,22). The SMILES string of the molecule is COc1ccc(OCCNc2cc(C(=O)NC3CC3)ccn2)cc1. The second-order valence-corrected chi connectivity index (χ2v) is 5.63. The maximum Gasteiger partial charge on any atom is 0.251 e. The van der Waals surface area contributed by atoms with Crippen molar-refractivity contribution >= 4 is 11.7 Å². The topological polar surface area (TPSA) is 72.5 Å². The summed E-state index contributed by atoms with van der Waals surface area (Å²) in [5.41, 5.74) is 0.621. The molecule has 1 amide bonds. The lowest BCUT2D eigenvalue weighted by Crippen LogP contribution is -2.25. The molecule has 1 aromatic carbocycles. The zero-order valence-electron chi connectivity index (χ0n) is 13.6. The largest absolute Gasteiger partial charge is 0.497 e. The van der Waals surface area contributed by atoms with E-state index in [0.29, 0.717) is 30.6 Å². The predicted molar refractivity (Wildman–Crippen MR) is 91.7 cm³/mol. The van der Waals surface area contributed by atoms with E-state index in [2.05, 4.69) is 15.6 Å². The third kappa shape index (κ3) is 4.62. The van der Waals surface area contributed by atoms with Crippen LogP contribution >= 0.6 is 0 Å². The number of aromatic nitrogens is 1. The van der Waals surface area contributed by atoms with Crippen LogP contribution in [0.2, 0.25) is 0 Å². The molecule has 0 spiro atoms. The van der Waals surface area contributed by atoms with E-state index >= 15 is 0 Å². The number of hydrogen-bond acceptors (Lipinski definition) is 5. The smallest absolute Gasteiger partial charge is 0.251 e. The van der Waals surface area contributed by atoms with Crippen molar-refractivity contribution in [1.82, 2.24) is 10.3 Å². The first-order valence-corrected chi connectivity index (χ1v) is 8.02. The Morgan fingerprint density at radius 3 is 2.67 bits per heavy atom. The minimum Gasteiger partial charge on any atom is -0.497 e. The van der Waals surface area contributed by atoms with Crippen LogP contribution in [0.4, 0.5) is 5.82 Å². The van der Waals surface area contributed by atoms with Crippen molar-refractivity contribution in [2.75, 3.05) is 25.6 Å². The van der Waals surface area contributed by atoms with Gasteiger partial charge in [0, 0.05) is 17.8 Å². The van der Waals surface area contributed by atoms with E-state index in [1.165, 1.54) is 0 Å². The van der Waals surface area contributed by atoms with Crippen molar-refractivity contribution in [3.63, 3.8) is 0 Å². The number of amides is 1. The molecule has 0 aliphatic heterocycles. The summed E-state index contributed by atoms with van der Waals surface area (Å²) >= 11 is 0. The van der Waals surface area contributed by atoms with E-state index in [0.717, 1.165) is 24.3 Å². The number of carbonyl (C=O) groups excluding carboxylic acids is 1. The van der Waals surface area contributed by atoms with Gasteiger partial charge in [0.05, 0.1) is 13.7 Å². The minimum absolute atomic E-state index is 0.0440. The van der Waals surface area contributed by atoms with E-state index in [1.54, 1.807) is 25.4 Å². The molecule has 2 N–H and O–H groups in total. The van der Waals surface area contributed by atoms with E-state index in [4.69, 9.17) is 9.47 Å². The van der Waals surface area contributed by atoms with Crippen LogP contribution in [0.15, 0.2) is 42.6 Å². The number of pyridine rings is 1. The molecule has 0 atom stereocenters. The average molecular weight is 327 g/mol. The van der Waals surface area contributed by atoms with Crippen molar-refractivity contribution in [3.05, 3.63) is 48.2 Å². The third-order valence-electron chi connectivity index (χ3n) is 3.67. The number of hydrogen-bond donors (Lipinski definition) is 2. The molecule has 1 aromatic heterocycles. The monoisotopic (exact) mass is 327 g/mol. The average Bonchev–Trinajstić information content (AvgIpc) is 3.43. The van der Waals surface area contributed by atoms with Crippen molar-refractivity contribution in [2.24, 2.45) is 0 Å². The quantitative estimate of drug-likeness (QED) is 0.729. The molecule has 3 rings (SSSR count). The molecule has 24 heavy (non-hydrogen) atoms. The fourth-order valence-corrected chi connectivity index (χ4v) is 2.18. The lowest BCUT2D eigenvalue weighted by molar-refractivity contribution is 0.0951. The maximum atomic E-state index is 12.0. The number of anilines is 1. The summed E-state index contributed by atoms with van der Waals surface area (Å²) in [5, 5.41) is 6.13. The molecule has 2 aromatic rings. The van der Waals surface area contributed by atoms with Gasteiger partial charge >= 0.3 is 0 Å². The summed E-state index contributed by atoms with van der Waals surface area (Å²) in [6.07, 6.45) is 3.78. The summed E-state index contributed by atoms with van der Waals surface area (Å²) in [7, 11) is 1.63. The third-order valence-corrected chi connectivity index (χ3v) is 3.67. The van der Waals surface area contributed by atoms with Crippen molar-refractivity contribution in [2.45, 2.75) is 18.9 Å². The first kappa shape index (κ1) is 16.1. The van der Waals surface area contributed by atoms with Crippen LogP contribution in [0.3, 0.4) is 0 Å². The Morgan fingerprint density at radius 1 is 1.21 bits per heavy atom. The highest BCUT2D eigenvalue weighted by atomic mass is 16.5. The molecule has 6 heteroatoms. The van der Waals surface area contributed by atoms with Gasteiger partial charge < -0.3 is 20.1 Å². The highest BCUT2D eigenvalue weighted by Gasteiger charge is 2.23. The first-order valence-electron chi connectivity index (χ1n) is 8.02. The zero-order chi connectivity index (χ0) is 16.8. The summed E-state index contributed by atoms with van der Waals surface area (Å²) in [4.78, 5) is 16.2. The summed E-state index contributed by atoms with van der Waals surface area (Å²) in [5.74, 6) is 2.20. The maximum absolute atomic E-state index is 12.0. The van der Waals surface area contributed by atoms with Gasteiger partial charge in [0.15, 0.2) is 0 Å². The van der Waals surface area contributed by atoms with Crippen molar-refractivity contribution in [1.29, 1.82) is 0 Å². The summed E-state index contributed by atoms with van der Waals surface area (Å²) in [6, 6.07) is 11.3. The lowest BCUT2D eigenvalue weighted by Gasteiger charge is -2.09. The van der Waals surface area contributed by atoms with Crippen molar-refractivity contribution < 1.29 is 14.3 Å². The molecule has 0 radical (unpaired) electrons. The van der Waals surface area contributed by atoms with Gasteiger partial charge in [-0.3, -0.25) is 4.79 Å². The molecule has 6 nitrogen and oxygen atoms in total. The number of benzene rings is 1. The van der Waals surface area contributed by atoms with Gasteiger partial charge in [0.2, 0.25) is 0 Å². The van der Waals surface area contributed by atoms with Crippen molar-refractivity contribution in [3.8, 4) is 11.5 Å². The lowest BCUT2D eigenvalue weighted by atomic mass is 10.2. The number of nitrogens with zero attached hydrogens (tertiary/aromatic N) is 1. The highest BCUT2D eigenvalue weighted by molar-refractivity contribution is 5.95. The number of ether oxygens (including phenoxy) is 2. The number of rotatable bonds is 8. The van der Waals surface area contributed by atoms with Crippen LogP contribution in [-0.2, 0) is 0 Å². The summed E-state index contributed by atoms with van der Waals surface area (Å²) < 4.78 is 10.7. The molecule has 1 saturated carbocycles. The molecule has 0 bridgehead atoms. The number of methoxy groups -OCH3 is 1. The molecule has 126 valence electrons. The summed E-state index contributed by atoms with van der Waals surface area (Å²) in [6.45, 7) is 1.08. The van der Waals surface area contributed by atoms with Crippen LogP contribution in [0, 0.1) is 0 Å². The molecule has 0 saturated heterocycles. The van der Waals surface area contributed by atoms with Crippen LogP contribution in [0.1, 0.15) is 23.2 Å². The Balaban J connectivity index is 1.44. The van der Waals surface area contributed by atoms with Gasteiger partial charge in [0.1, 0.15) is 23.9 Å². The predicted octanol–water partition coefficient (Wildman–Crippen LogP) is 2.47. The van der Waals surface area contributed by atoms with Crippen LogP contribution in [0.25, 0.3) is 0 Å². The number of carbonyl (C=O) groups is 1. The molecule has 1 heterocycles. The zero-order valence-corrected chi connectivity index (χ0v) is 13.6. The second kappa shape index (κ2) is 7.68. The fourth-order valence-electron chi connectivity index (χ4n) is 2.18. The molecule has 1 aliphatic rings. The normalized spacial score (nSPS) is 13.2. The molecule has 1 aliphatic carbocycles. The van der Waals surface area contributed by atoms with Gasteiger partial charge in [-0.15, -0.1) is 0 Å².